The Hall–Kier alpha value is -1.83. The van der Waals surface area contributed by atoms with Gasteiger partial charge in [-0.15, -0.1) is 0 Å². The molecule has 0 bridgehead atoms. The summed E-state index contributed by atoms with van der Waals surface area (Å²) in [5.74, 6) is 0.253. The molecule has 8 heteroatoms. The summed E-state index contributed by atoms with van der Waals surface area (Å²) >= 11 is 0. The average molecular weight is 260 g/mol. The van der Waals surface area contributed by atoms with Crippen LogP contribution >= 0.6 is 0 Å². The summed E-state index contributed by atoms with van der Waals surface area (Å²) in [4.78, 5) is 10.0. The average Bonchev–Trinajstić information content (AvgIpc) is 2.25. The molecular formula is C9H12N2O5S. The van der Waals surface area contributed by atoms with E-state index in [2.05, 4.69) is 0 Å². The summed E-state index contributed by atoms with van der Waals surface area (Å²) < 4.78 is 28.7. The molecule has 7 nitrogen and oxygen atoms in total. The molecule has 0 aliphatic heterocycles. The van der Waals surface area contributed by atoms with Gasteiger partial charge in [-0.3, -0.25) is 14.4 Å². The summed E-state index contributed by atoms with van der Waals surface area (Å²) in [5.41, 5.74) is -0.0690. The molecule has 0 unspecified atom stereocenters. The predicted molar refractivity (Wildman–Crippen MR) is 62.9 cm³/mol. The summed E-state index contributed by atoms with van der Waals surface area (Å²) in [7, 11) is -0.836. The number of ether oxygens (including phenoxy) is 1. The van der Waals surface area contributed by atoms with E-state index in [-0.39, 0.29) is 17.1 Å². The lowest BCUT2D eigenvalue weighted by atomic mass is 10.2. The Labute approximate surface area is 98.8 Å². The van der Waals surface area contributed by atoms with E-state index in [1.54, 1.807) is 0 Å². The fraction of sp³-hybridized carbons (Fsp3) is 0.333. The van der Waals surface area contributed by atoms with Crippen molar-refractivity contribution in [3.05, 3.63) is 28.3 Å². The third-order valence-electron chi connectivity index (χ3n) is 2.21. The van der Waals surface area contributed by atoms with Gasteiger partial charge in [0.05, 0.1) is 24.0 Å². The zero-order valence-electron chi connectivity index (χ0n) is 9.58. The SMILES string of the molecule is COc1ccc([N+](=O)[O-])cc1N(C)S(C)(=O)=O. The topological polar surface area (TPSA) is 89.8 Å². The Balaban J connectivity index is 3.38. The number of benzene rings is 1. The van der Waals surface area contributed by atoms with Gasteiger partial charge in [0.1, 0.15) is 5.75 Å². The van der Waals surface area contributed by atoms with Gasteiger partial charge in [0.15, 0.2) is 0 Å². The van der Waals surface area contributed by atoms with Gasteiger partial charge < -0.3 is 4.74 Å². The minimum atomic E-state index is -3.50. The van der Waals surface area contributed by atoms with Crippen molar-refractivity contribution in [1.82, 2.24) is 0 Å². The zero-order valence-corrected chi connectivity index (χ0v) is 10.4. The highest BCUT2D eigenvalue weighted by Crippen LogP contribution is 2.32. The molecule has 17 heavy (non-hydrogen) atoms. The number of anilines is 1. The number of hydrogen-bond donors (Lipinski definition) is 0. The van der Waals surface area contributed by atoms with Gasteiger partial charge in [-0.25, -0.2) is 8.42 Å². The van der Waals surface area contributed by atoms with Crippen LogP contribution in [-0.4, -0.2) is 33.8 Å². The molecule has 0 N–H and O–H groups in total. The van der Waals surface area contributed by atoms with Crippen molar-refractivity contribution in [2.24, 2.45) is 0 Å². The number of rotatable bonds is 4. The van der Waals surface area contributed by atoms with Crippen LogP contribution in [0, 0.1) is 10.1 Å². The zero-order chi connectivity index (χ0) is 13.2. The molecule has 0 aliphatic rings. The highest BCUT2D eigenvalue weighted by Gasteiger charge is 2.19. The van der Waals surface area contributed by atoms with E-state index < -0.39 is 14.9 Å². The van der Waals surface area contributed by atoms with Gasteiger partial charge in [-0.2, -0.15) is 0 Å². The number of nitro benzene ring substituents is 1. The maximum atomic E-state index is 11.4. The van der Waals surface area contributed by atoms with E-state index in [4.69, 9.17) is 4.74 Å². The minimum Gasteiger partial charge on any atom is -0.495 e. The van der Waals surface area contributed by atoms with Crippen LogP contribution in [0.25, 0.3) is 0 Å². The van der Waals surface area contributed by atoms with E-state index >= 15 is 0 Å². The van der Waals surface area contributed by atoms with E-state index in [9.17, 15) is 18.5 Å². The first-order valence-corrected chi connectivity index (χ1v) is 6.38. The van der Waals surface area contributed by atoms with Crippen molar-refractivity contribution in [3.8, 4) is 5.75 Å². The van der Waals surface area contributed by atoms with Gasteiger partial charge >= 0.3 is 0 Å². The highest BCUT2D eigenvalue weighted by atomic mass is 32.2. The molecule has 1 aromatic carbocycles. The quantitative estimate of drug-likeness (QED) is 0.595. The first-order valence-electron chi connectivity index (χ1n) is 4.53. The van der Waals surface area contributed by atoms with E-state index in [0.717, 1.165) is 16.6 Å². The number of sulfonamides is 1. The maximum absolute atomic E-state index is 11.4. The van der Waals surface area contributed by atoms with Crippen LogP contribution in [0.15, 0.2) is 18.2 Å². The number of methoxy groups -OCH3 is 1. The van der Waals surface area contributed by atoms with E-state index in [0.29, 0.717) is 0 Å². The van der Waals surface area contributed by atoms with Gasteiger partial charge in [0.25, 0.3) is 5.69 Å². The summed E-state index contributed by atoms with van der Waals surface area (Å²) in [6, 6.07) is 3.76. The molecule has 0 atom stereocenters. The second-order valence-electron chi connectivity index (χ2n) is 3.34. The lowest BCUT2D eigenvalue weighted by Gasteiger charge is -2.18. The Bertz CT molecular complexity index is 540. The molecule has 1 rings (SSSR count). The lowest BCUT2D eigenvalue weighted by molar-refractivity contribution is -0.384. The standard InChI is InChI=1S/C9H12N2O5S/c1-10(17(3,14)15)8-6-7(11(12)13)4-5-9(8)16-2/h4-6H,1-3H3. The summed E-state index contributed by atoms with van der Waals surface area (Å²) in [6.07, 6.45) is 1.01. The molecule has 94 valence electrons. The largest absolute Gasteiger partial charge is 0.495 e. The normalized spacial score (nSPS) is 11.0. The minimum absolute atomic E-state index is 0.129. The van der Waals surface area contributed by atoms with Crippen LogP contribution in [0.4, 0.5) is 11.4 Å². The van der Waals surface area contributed by atoms with Crippen LogP contribution in [0.5, 0.6) is 5.75 Å². The molecule has 0 spiro atoms. The molecule has 0 radical (unpaired) electrons. The van der Waals surface area contributed by atoms with Crippen molar-refractivity contribution in [2.75, 3.05) is 24.7 Å². The smallest absolute Gasteiger partial charge is 0.271 e. The molecule has 0 saturated carbocycles. The van der Waals surface area contributed by atoms with Crippen molar-refractivity contribution in [2.45, 2.75) is 0 Å². The first-order chi connectivity index (χ1) is 7.77. The van der Waals surface area contributed by atoms with Gasteiger partial charge in [-0.1, -0.05) is 0 Å². The number of nitrogens with zero attached hydrogens (tertiary/aromatic N) is 2. The van der Waals surface area contributed by atoms with Gasteiger partial charge in [-0.05, 0) is 6.07 Å². The highest BCUT2D eigenvalue weighted by molar-refractivity contribution is 7.92. The molecular weight excluding hydrogens is 248 g/mol. The molecule has 1 aromatic rings. The fourth-order valence-electron chi connectivity index (χ4n) is 1.22. The van der Waals surface area contributed by atoms with Crippen molar-refractivity contribution in [1.29, 1.82) is 0 Å². The first kappa shape index (κ1) is 13.2. The summed E-state index contributed by atoms with van der Waals surface area (Å²) in [6.45, 7) is 0. The lowest BCUT2D eigenvalue weighted by Crippen LogP contribution is -2.25. The fourth-order valence-corrected chi connectivity index (χ4v) is 1.72. The second kappa shape index (κ2) is 4.58. The molecule has 0 amide bonds. The van der Waals surface area contributed by atoms with E-state index in [1.807, 2.05) is 0 Å². The van der Waals surface area contributed by atoms with Crippen LogP contribution in [0.1, 0.15) is 0 Å². The van der Waals surface area contributed by atoms with Crippen LogP contribution in [-0.2, 0) is 10.0 Å². The van der Waals surface area contributed by atoms with Gasteiger partial charge in [0, 0.05) is 19.2 Å². The Morgan fingerprint density at radius 1 is 1.41 bits per heavy atom. The van der Waals surface area contributed by atoms with Crippen molar-refractivity contribution in [3.63, 3.8) is 0 Å². The van der Waals surface area contributed by atoms with Gasteiger partial charge in [0.2, 0.25) is 10.0 Å². The number of hydrogen-bond acceptors (Lipinski definition) is 5. The Kier molecular flexibility index (Phi) is 3.56. The Morgan fingerprint density at radius 3 is 2.41 bits per heavy atom. The van der Waals surface area contributed by atoms with E-state index in [1.165, 1.54) is 26.3 Å². The predicted octanol–water partition coefficient (Wildman–Crippen LogP) is 0.999. The van der Waals surface area contributed by atoms with Crippen molar-refractivity contribution >= 4 is 21.4 Å². The van der Waals surface area contributed by atoms with Crippen molar-refractivity contribution < 1.29 is 18.1 Å². The van der Waals surface area contributed by atoms with Crippen LogP contribution < -0.4 is 9.04 Å². The summed E-state index contributed by atoms with van der Waals surface area (Å²) in [5, 5.41) is 10.6. The number of nitro groups is 1. The monoisotopic (exact) mass is 260 g/mol. The molecule has 0 heterocycles. The third-order valence-corrected chi connectivity index (χ3v) is 3.40. The maximum Gasteiger partial charge on any atom is 0.271 e. The molecule has 0 aliphatic carbocycles. The molecule has 0 aromatic heterocycles. The molecule has 0 fully saturated rings. The third kappa shape index (κ3) is 2.84. The van der Waals surface area contributed by atoms with Crippen LogP contribution in [0.3, 0.4) is 0 Å². The van der Waals surface area contributed by atoms with Crippen LogP contribution in [0.2, 0.25) is 0 Å². The second-order valence-corrected chi connectivity index (χ2v) is 5.36. The Morgan fingerprint density at radius 2 is 2.00 bits per heavy atom. The molecule has 0 saturated heterocycles. The number of non-ortho nitro benzene ring substituents is 1.